The normalized spacial score (nSPS) is 16.4. The highest BCUT2D eigenvalue weighted by Gasteiger charge is 2.31. The lowest BCUT2D eigenvalue weighted by Gasteiger charge is -2.17. The summed E-state index contributed by atoms with van der Waals surface area (Å²) in [6.45, 7) is 0. The smallest absolute Gasteiger partial charge is 0.324 e. The van der Waals surface area contributed by atoms with Crippen molar-refractivity contribution in [2.45, 2.75) is 12.8 Å². The van der Waals surface area contributed by atoms with E-state index < -0.39 is 15.2 Å². The fourth-order valence-corrected chi connectivity index (χ4v) is 5.44. The molecule has 0 saturated carbocycles. The van der Waals surface area contributed by atoms with Gasteiger partial charge in [0.2, 0.25) is 0 Å². The van der Waals surface area contributed by atoms with E-state index in [0.29, 0.717) is 12.8 Å². The molecule has 0 aromatic heterocycles. The van der Waals surface area contributed by atoms with Crippen molar-refractivity contribution in [3.63, 3.8) is 0 Å². The molecule has 2 aromatic rings. The van der Waals surface area contributed by atoms with Crippen LogP contribution < -0.4 is 0 Å². The molecule has 0 amide bonds. The molecule has 124 valence electrons. The minimum atomic E-state index is -4.11. The van der Waals surface area contributed by atoms with E-state index in [4.69, 9.17) is 4.31 Å². The topological polar surface area (TPSA) is 83.8 Å². The lowest BCUT2D eigenvalue weighted by molar-refractivity contribution is 0.332. The molecule has 0 saturated heterocycles. The number of rotatable bonds is 8. The van der Waals surface area contributed by atoms with E-state index in [1.807, 2.05) is 60.7 Å². The molecule has 23 heavy (non-hydrogen) atoms. The minimum Gasteiger partial charge on any atom is -0.324 e. The average Bonchev–Trinajstić information content (AvgIpc) is 2.52. The molecule has 0 bridgehead atoms. The van der Waals surface area contributed by atoms with Crippen LogP contribution in [-0.4, -0.2) is 22.1 Å². The minimum absolute atomic E-state index is 0.188. The predicted molar refractivity (Wildman–Crippen MR) is 90.8 cm³/mol. The van der Waals surface area contributed by atoms with Crippen LogP contribution in [0.15, 0.2) is 60.7 Å². The summed E-state index contributed by atoms with van der Waals surface area (Å²) in [5.41, 5.74) is 1.75. The zero-order valence-corrected chi connectivity index (χ0v) is 14.4. The van der Waals surface area contributed by atoms with Crippen molar-refractivity contribution in [2.75, 3.05) is 12.3 Å². The summed E-state index contributed by atoms with van der Waals surface area (Å²) in [6.07, 6.45) is 0.250. The Morgan fingerprint density at radius 3 is 1.39 bits per heavy atom. The van der Waals surface area contributed by atoms with E-state index in [9.17, 15) is 18.9 Å². The Bertz CT molecular complexity index is 641. The van der Waals surface area contributed by atoms with Crippen molar-refractivity contribution in [3.8, 4) is 0 Å². The van der Waals surface area contributed by atoms with Crippen molar-refractivity contribution >= 4 is 15.2 Å². The second-order valence-electron chi connectivity index (χ2n) is 5.27. The molecule has 2 atom stereocenters. The largest absolute Gasteiger partial charge is 0.335 e. The first-order chi connectivity index (χ1) is 10.9. The summed E-state index contributed by atoms with van der Waals surface area (Å²) >= 11 is 0. The van der Waals surface area contributed by atoms with Gasteiger partial charge in [-0.05, 0) is 24.0 Å². The number of aryl methyl sites for hydroxylation is 2. The SMILES string of the molecule is O=P(O)(CCc1ccccc1)OP(=O)(O)CCc1ccccc1. The van der Waals surface area contributed by atoms with E-state index >= 15 is 0 Å². The average molecular weight is 354 g/mol. The van der Waals surface area contributed by atoms with Gasteiger partial charge in [0.25, 0.3) is 0 Å². The standard InChI is InChI=1S/C16H20O5P2/c17-22(18,13-11-15-7-3-1-4-8-15)21-23(19,20)14-12-16-9-5-2-6-10-16/h1-10H,11-14H2,(H,17,18)(H,19,20). The number of benzene rings is 2. The molecule has 0 heterocycles. The third-order valence-electron chi connectivity index (χ3n) is 3.31. The first-order valence-corrected chi connectivity index (χ1v) is 10.8. The van der Waals surface area contributed by atoms with Gasteiger partial charge in [-0.15, -0.1) is 0 Å². The van der Waals surface area contributed by atoms with Gasteiger partial charge < -0.3 is 9.79 Å². The van der Waals surface area contributed by atoms with Gasteiger partial charge in [-0.25, -0.2) is 4.31 Å². The highest BCUT2D eigenvalue weighted by molar-refractivity contribution is 7.66. The van der Waals surface area contributed by atoms with Crippen LogP contribution in [0.5, 0.6) is 0 Å². The second kappa shape index (κ2) is 8.05. The van der Waals surface area contributed by atoms with Crippen LogP contribution in [0.2, 0.25) is 0 Å². The summed E-state index contributed by atoms with van der Waals surface area (Å²) in [4.78, 5) is 19.6. The maximum atomic E-state index is 12.0. The molecule has 0 fully saturated rings. The molecule has 0 aliphatic heterocycles. The fourth-order valence-electron chi connectivity index (χ4n) is 2.11. The van der Waals surface area contributed by atoms with Gasteiger partial charge in [-0.2, -0.15) is 0 Å². The predicted octanol–water partition coefficient (Wildman–Crippen LogP) is 3.86. The van der Waals surface area contributed by atoms with Crippen LogP contribution in [0.1, 0.15) is 11.1 Å². The first kappa shape index (κ1) is 18.1. The van der Waals surface area contributed by atoms with Crippen molar-refractivity contribution in [1.82, 2.24) is 0 Å². The van der Waals surface area contributed by atoms with E-state index in [0.717, 1.165) is 11.1 Å². The zero-order chi connectivity index (χ0) is 16.8. The van der Waals surface area contributed by atoms with E-state index in [-0.39, 0.29) is 12.3 Å². The monoisotopic (exact) mass is 354 g/mol. The first-order valence-electron chi connectivity index (χ1n) is 7.29. The van der Waals surface area contributed by atoms with Crippen molar-refractivity contribution in [2.24, 2.45) is 0 Å². The Morgan fingerprint density at radius 1 is 0.696 bits per heavy atom. The van der Waals surface area contributed by atoms with Gasteiger partial charge in [0.1, 0.15) is 0 Å². The highest BCUT2D eigenvalue weighted by atomic mass is 31.3. The van der Waals surface area contributed by atoms with Crippen LogP contribution in [0, 0.1) is 0 Å². The van der Waals surface area contributed by atoms with Crippen LogP contribution in [0.3, 0.4) is 0 Å². The number of hydrogen-bond acceptors (Lipinski definition) is 3. The van der Waals surface area contributed by atoms with E-state index in [2.05, 4.69) is 0 Å². The molecule has 0 aliphatic rings. The summed E-state index contributed by atoms with van der Waals surface area (Å²) in [7, 11) is -8.23. The van der Waals surface area contributed by atoms with Gasteiger partial charge in [-0.1, -0.05) is 60.7 Å². The molecule has 2 unspecified atom stereocenters. The Labute approximate surface area is 136 Å². The molecule has 5 nitrogen and oxygen atoms in total. The lowest BCUT2D eigenvalue weighted by atomic mass is 10.2. The Hall–Kier alpha value is -1.22. The van der Waals surface area contributed by atoms with Crippen molar-refractivity contribution in [3.05, 3.63) is 71.8 Å². The quantitative estimate of drug-likeness (QED) is 0.704. The molecule has 2 rings (SSSR count). The van der Waals surface area contributed by atoms with Gasteiger partial charge in [0.15, 0.2) is 0 Å². The summed E-state index contributed by atoms with van der Waals surface area (Å²) < 4.78 is 28.7. The van der Waals surface area contributed by atoms with Gasteiger partial charge in [0, 0.05) is 0 Å². The number of hydrogen-bond donors (Lipinski definition) is 2. The zero-order valence-electron chi connectivity index (χ0n) is 12.6. The second-order valence-corrected chi connectivity index (χ2v) is 9.37. The van der Waals surface area contributed by atoms with Crippen LogP contribution in [-0.2, 0) is 26.3 Å². The summed E-state index contributed by atoms with van der Waals surface area (Å²) in [5, 5.41) is 0. The Kier molecular flexibility index (Phi) is 6.34. The Balaban J connectivity index is 1.87. The van der Waals surface area contributed by atoms with Gasteiger partial charge in [0.05, 0.1) is 12.3 Å². The lowest BCUT2D eigenvalue weighted by Crippen LogP contribution is -2.01. The maximum Gasteiger partial charge on any atom is 0.335 e. The summed E-state index contributed by atoms with van der Waals surface area (Å²) in [6, 6.07) is 18.3. The molecule has 7 heteroatoms. The van der Waals surface area contributed by atoms with Crippen molar-refractivity contribution < 1.29 is 23.2 Å². The van der Waals surface area contributed by atoms with Gasteiger partial charge in [-0.3, -0.25) is 9.13 Å². The third kappa shape index (κ3) is 6.82. The van der Waals surface area contributed by atoms with Crippen LogP contribution in [0.4, 0.5) is 0 Å². The maximum absolute atomic E-state index is 12.0. The van der Waals surface area contributed by atoms with E-state index in [1.54, 1.807) is 0 Å². The van der Waals surface area contributed by atoms with Crippen LogP contribution >= 0.6 is 15.2 Å². The summed E-state index contributed by atoms with van der Waals surface area (Å²) in [5.74, 6) is 0. The molecule has 0 spiro atoms. The molecule has 2 N–H and O–H groups in total. The highest BCUT2D eigenvalue weighted by Crippen LogP contribution is 2.59. The molecule has 2 aromatic carbocycles. The fraction of sp³-hybridized carbons (Fsp3) is 0.250. The third-order valence-corrected chi connectivity index (χ3v) is 6.93. The Morgan fingerprint density at radius 2 is 1.04 bits per heavy atom. The molecular weight excluding hydrogens is 334 g/mol. The van der Waals surface area contributed by atoms with Crippen molar-refractivity contribution in [1.29, 1.82) is 0 Å². The molecular formula is C16H20O5P2. The molecule has 0 aliphatic carbocycles. The van der Waals surface area contributed by atoms with E-state index in [1.165, 1.54) is 0 Å². The molecule has 0 radical (unpaired) electrons. The van der Waals surface area contributed by atoms with Gasteiger partial charge >= 0.3 is 15.2 Å². The van der Waals surface area contributed by atoms with Crippen LogP contribution in [0.25, 0.3) is 0 Å².